The summed E-state index contributed by atoms with van der Waals surface area (Å²) in [4.78, 5) is 27.8. The van der Waals surface area contributed by atoms with E-state index in [1.807, 2.05) is 17.9 Å². The number of carbonyl (C=O) groups is 1. The van der Waals surface area contributed by atoms with E-state index in [2.05, 4.69) is 25.1 Å². The van der Waals surface area contributed by atoms with Gasteiger partial charge < -0.3 is 20.0 Å². The number of carbonyl (C=O) groups excluding carboxylic acids is 1. The number of urea groups is 1. The number of piperazine rings is 1. The van der Waals surface area contributed by atoms with Gasteiger partial charge in [-0.15, -0.1) is 0 Å². The van der Waals surface area contributed by atoms with Gasteiger partial charge in [-0.2, -0.15) is 0 Å². The van der Waals surface area contributed by atoms with E-state index in [4.69, 9.17) is 0 Å². The molecule has 2 aliphatic heterocycles. The molecule has 2 amide bonds. The fraction of sp³-hybridized carbons (Fsp3) is 0.722. The molecule has 7 nitrogen and oxygen atoms in total. The Morgan fingerprint density at radius 2 is 2.00 bits per heavy atom. The average Bonchev–Trinajstić information content (AvgIpc) is 3.38. The summed E-state index contributed by atoms with van der Waals surface area (Å²) in [6.07, 6.45) is 5.76. The monoisotopic (exact) mass is 344 g/mol. The Morgan fingerprint density at radius 1 is 1.20 bits per heavy atom. The SMILES string of the molecule is Cc1nccc(N2CCN(C(=O)NCC3CCN(C4CC4)C3)CC2)n1. The first-order chi connectivity index (χ1) is 12.2. The van der Waals surface area contributed by atoms with E-state index in [0.717, 1.165) is 57.0 Å². The Bertz CT molecular complexity index is 611. The van der Waals surface area contributed by atoms with Gasteiger partial charge in [0, 0.05) is 51.5 Å². The predicted octanol–water partition coefficient (Wildman–Crippen LogP) is 1.10. The fourth-order valence-electron chi connectivity index (χ4n) is 3.90. The molecule has 4 rings (SSSR count). The summed E-state index contributed by atoms with van der Waals surface area (Å²) in [6.45, 7) is 8.22. The third kappa shape index (κ3) is 4.03. The number of amides is 2. The Kier molecular flexibility index (Phi) is 4.74. The van der Waals surface area contributed by atoms with Crippen LogP contribution >= 0.6 is 0 Å². The molecule has 2 saturated heterocycles. The second kappa shape index (κ2) is 7.15. The van der Waals surface area contributed by atoms with Crippen LogP contribution in [0.4, 0.5) is 10.6 Å². The summed E-state index contributed by atoms with van der Waals surface area (Å²) in [7, 11) is 0. The summed E-state index contributed by atoms with van der Waals surface area (Å²) in [5.74, 6) is 2.36. The van der Waals surface area contributed by atoms with Crippen LogP contribution in [0.5, 0.6) is 0 Å². The van der Waals surface area contributed by atoms with Crippen molar-refractivity contribution in [2.75, 3.05) is 50.7 Å². The molecule has 1 atom stereocenters. The number of likely N-dealkylation sites (tertiary alicyclic amines) is 1. The summed E-state index contributed by atoms with van der Waals surface area (Å²) >= 11 is 0. The highest BCUT2D eigenvalue weighted by molar-refractivity contribution is 5.74. The van der Waals surface area contributed by atoms with Crippen LogP contribution < -0.4 is 10.2 Å². The quantitative estimate of drug-likeness (QED) is 0.886. The number of hydrogen-bond donors (Lipinski definition) is 1. The van der Waals surface area contributed by atoms with Crippen molar-refractivity contribution in [3.63, 3.8) is 0 Å². The number of hydrogen-bond acceptors (Lipinski definition) is 5. The van der Waals surface area contributed by atoms with Gasteiger partial charge in [0.2, 0.25) is 0 Å². The maximum absolute atomic E-state index is 12.4. The number of rotatable bonds is 4. The van der Waals surface area contributed by atoms with Gasteiger partial charge in [-0.1, -0.05) is 0 Å². The summed E-state index contributed by atoms with van der Waals surface area (Å²) in [5, 5.41) is 3.15. The molecule has 1 aliphatic carbocycles. The lowest BCUT2D eigenvalue weighted by Gasteiger charge is -2.35. The highest BCUT2D eigenvalue weighted by atomic mass is 16.2. The van der Waals surface area contributed by atoms with Crippen LogP contribution in [0.3, 0.4) is 0 Å². The standard InChI is InChI=1S/C18H28N6O/c1-14-19-6-4-17(21-14)22-8-10-23(11-9-22)18(25)20-12-15-5-7-24(13-15)16-2-3-16/h4,6,15-16H,2-3,5,7-13H2,1H3,(H,20,25). The van der Waals surface area contributed by atoms with Gasteiger partial charge in [0.15, 0.2) is 0 Å². The molecule has 0 spiro atoms. The van der Waals surface area contributed by atoms with Gasteiger partial charge in [-0.3, -0.25) is 0 Å². The van der Waals surface area contributed by atoms with Gasteiger partial charge in [-0.05, 0) is 44.7 Å². The Labute approximate surface area is 149 Å². The normalized spacial score (nSPS) is 24.6. The maximum Gasteiger partial charge on any atom is 0.317 e. The van der Waals surface area contributed by atoms with Gasteiger partial charge >= 0.3 is 6.03 Å². The summed E-state index contributed by atoms with van der Waals surface area (Å²) < 4.78 is 0. The van der Waals surface area contributed by atoms with E-state index in [-0.39, 0.29) is 6.03 Å². The van der Waals surface area contributed by atoms with Crippen molar-refractivity contribution in [1.29, 1.82) is 0 Å². The third-order valence-electron chi connectivity index (χ3n) is 5.57. The van der Waals surface area contributed by atoms with Crippen molar-refractivity contribution in [2.24, 2.45) is 5.92 Å². The smallest absolute Gasteiger partial charge is 0.317 e. The lowest BCUT2D eigenvalue weighted by atomic mass is 10.1. The molecule has 1 unspecified atom stereocenters. The molecular formula is C18H28N6O. The molecule has 3 aliphatic rings. The largest absolute Gasteiger partial charge is 0.353 e. The summed E-state index contributed by atoms with van der Waals surface area (Å²) in [5.41, 5.74) is 0. The van der Waals surface area contributed by atoms with Gasteiger partial charge in [0.1, 0.15) is 11.6 Å². The van der Waals surface area contributed by atoms with Crippen molar-refractivity contribution >= 4 is 11.8 Å². The molecule has 3 fully saturated rings. The van der Waals surface area contributed by atoms with Gasteiger partial charge in [-0.25, -0.2) is 14.8 Å². The van der Waals surface area contributed by atoms with E-state index in [1.54, 1.807) is 6.20 Å². The van der Waals surface area contributed by atoms with Gasteiger partial charge in [0.25, 0.3) is 0 Å². The van der Waals surface area contributed by atoms with E-state index in [1.165, 1.54) is 25.8 Å². The second-order valence-electron chi connectivity index (χ2n) is 7.50. The van der Waals surface area contributed by atoms with E-state index in [9.17, 15) is 4.79 Å². The first kappa shape index (κ1) is 16.6. The Hall–Kier alpha value is -1.89. The molecule has 1 aromatic rings. The Morgan fingerprint density at radius 3 is 2.72 bits per heavy atom. The zero-order valence-electron chi connectivity index (χ0n) is 15.0. The van der Waals surface area contributed by atoms with Crippen molar-refractivity contribution in [1.82, 2.24) is 25.1 Å². The number of aryl methyl sites for hydroxylation is 1. The molecule has 136 valence electrons. The molecule has 1 saturated carbocycles. The second-order valence-corrected chi connectivity index (χ2v) is 7.50. The molecule has 3 heterocycles. The zero-order valence-corrected chi connectivity index (χ0v) is 15.0. The van der Waals surface area contributed by atoms with Crippen molar-refractivity contribution in [2.45, 2.75) is 32.2 Å². The third-order valence-corrected chi connectivity index (χ3v) is 5.57. The molecule has 0 radical (unpaired) electrons. The van der Waals surface area contributed by atoms with E-state index >= 15 is 0 Å². The van der Waals surface area contributed by atoms with Crippen molar-refractivity contribution in [3.8, 4) is 0 Å². The molecule has 1 aromatic heterocycles. The predicted molar refractivity (Wildman–Crippen MR) is 96.7 cm³/mol. The minimum atomic E-state index is 0.0865. The molecule has 0 aromatic carbocycles. The fourth-order valence-corrected chi connectivity index (χ4v) is 3.90. The number of aromatic nitrogens is 2. The van der Waals surface area contributed by atoms with E-state index < -0.39 is 0 Å². The molecular weight excluding hydrogens is 316 g/mol. The van der Waals surface area contributed by atoms with Crippen LogP contribution in [0, 0.1) is 12.8 Å². The van der Waals surface area contributed by atoms with Crippen LogP contribution in [-0.4, -0.2) is 77.7 Å². The lowest BCUT2D eigenvalue weighted by molar-refractivity contribution is 0.192. The zero-order chi connectivity index (χ0) is 17.2. The molecule has 25 heavy (non-hydrogen) atoms. The minimum absolute atomic E-state index is 0.0865. The van der Waals surface area contributed by atoms with Crippen LogP contribution in [0.2, 0.25) is 0 Å². The highest BCUT2D eigenvalue weighted by Gasteiger charge is 2.34. The lowest BCUT2D eigenvalue weighted by Crippen LogP contribution is -2.52. The number of nitrogens with one attached hydrogen (secondary N) is 1. The average molecular weight is 344 g/mol. The van der Waals surface area contributed by atoms with Crippen molar-refractivity contribution in [3.05, 3.63) is 18.1 Å². The van der Waals surface area contributed by atoms with Crippen LogP contribution in [0.15, 0.2) is 12.3 Å². The molecule has 0 bridgehead atoms. The van der Waals surface area contributed by atoms with Crippen LogP contribution in [0.1, 0.15) is 25.1 Å². The number of anilines is 1. The maximum atomic E-state index is 12.4. The number of nitrogens with zero attached hydrogens (tertiary/aromatic N) is 5. The molecule has 7 heteroatoms. The first-order valence-electron chi connectivity index (χ1n) is 9.50. The highest BCUT2D eigenvalue weighted by Crippen LogP contribution is 2.31. The van der Waals surface area contributed by atoms with Crippen molar-refractivity contribution < 1.29 is 4.79 Å². The van der Waals surface area contributed by atoms with Crippen LogP contribution in [-0.2, 0) is 0 Å². The van der Waals surface area contributed by atoms with Crippen LogP contribution in [0.25, 0.3) is 0 Å². The topological polar surface area (TPSA) is 64.6 Å². The first-order valence-corrected chi connectivity index (χ1v) is 9.50. The molecule has 1 N–H and O–H groups in total. The van der Waals surface area contributed by atoms with E-state index in [0.29, 0.717) is 5.92 Å². The summed E-state index contributed by atoms with van der Waals surface area (Å²) in [6, 6.07) is 2.87. The Balaban J connectivity index is 1.20. The minimum Gasteiger partial charge on any atom is -0.353 e. The van der Waals surface area contributed by atoms with Gasteiger partial charge in [0.05, 0.1) is 0 Å².